The van der Waals surface area contributed by atoms with Crippen molar-refractivity contribution < 1.29 is 19.1 Å². The first-order chi connectivity index (χ1) is 17.7. The molecular weight excluding hydrogens is 472 g/mol. The molecule has 5 aliphatic carbocycles. The molecule has 1 heterocycles. The van der Waals surface area contributed by atoms with Gasteiger partial charge in [-0.25, -0.2) is 4.79 Å². The molecular formula is C34H52O4. The summed E-state index contributed by atoms with van der Waals surface area (Å²) in [5.74, 6) is 2.11. The molecule has 1 saturated heterocycles. The number of carbonyl (C=O) groups is 2. The van der Waals surface area contributed by atoms with E-state index in [2.05, 4.69) is 48.5 Å². The maximum atomic E-state index is 13.7. The van der Waals surface area contributed by atoms with E-state index in [4.69, 9.17) is 9.47 Å². The van der Waals surface area contributed by atoms with Crippen LogP contribution in [0, 0.1) is 56.2 Å². The van der Waals surface area contributed by atoms with E-state index >= 15 is 0 Å². The number of ketones is 1. The van der Waals surface area contributed by atoms with Gasteiger partial charge in [0.05, 0.1) is 19.3 Å². The highest BCUT2D eigenvalue weighted by Crippen LogP contribution is 2.78. The van der Waals surface area contributed by atoms with Crippen LogP contribution in [-0.2, 0) is 19.1 Å². The molecule has 0 aromatic rings. The molecule has 5 saturated carbocycles. The number of esters is 1. The fourth-order valence-electron chi connectivity index (χ4n) is 12.3. The number of allylic oxidation sites excluding steroid dienone is 1. The second-order valence-electron chi connectivity index (χ2n) is 16.4. The highest BCUT2D eigenvalue weighted by molar-refractivity contribution is 6.04. The van der Waals surface area contributed by atoms with E-state index in [9.17, 15) is 9.59 Å². The van der Waals surface area contributed by atoms with E-state index in [1.807, 2.05) is 6.92 Å². The molecule has 6 fully saturated rings. The molecule has 0 radical (unpaired) electrons. The van der Waals surface area contributed by atoms with E-state index in [1.54, 1.807) is 0 Å². The van der Waals surface area contributed by atoms with Crippen molar-refractivity contribution in [2.45, 2.75) is 119 Å². The average molecular weight is 525 g/mol. The zero-order valence-electron chi connectivity index (χ0n) is 25.4. The topological polar surface area (TPSA) is 52.6 Å². The van der Waals surface area contributed by atoms with E-state index in [-0.39, 0.29) is 33.4 Å². The number of rotatable bonds is 2. The van der Waals surface area contributed by atoms with Gasteiger partial charge >= 0.3 is 5.97 Å². The van der Waals surface area contributed by atoms with E-state index < -0.39 is 5.41 Å². The minimum atomic E-state index is -0.457. The van der Waals surface area contributed by atoms with Gasteiger partial charge < -0.3 is 9.47 Å². The fourth-order valence-corrected chi connectivity index (χ4v) is 12.3. The van der Waals surface area contributed by atoms with Crippen molar-refractivity contribution in [2.24, 2.45) is 56.2 Å². The number of hydrogen-bond acceptors (Lipinski definition) is 4. The minimum Gasteiger partial charge on any atom is -0.463 e. The van der Waals surface area contributed by atoms with Crippen LogP contribution in [0.4, 0.5) is 0 Å². The number of fused-ring (bicyclic) bond motifs is 5. The summed E-state index contributed by atoms with van der Waals surface area (Å²) in [6.07, 6.45) is 12.8. The van der Waals surface area contributed by atoms with Crippen LogP contribution < -0.4 is 0 Å². The van der Waals surface area contributed by atoms with Crippen molar-refractivity contribution in [3.05, 3.63) is 11.6 Å². The summed E-state index contributed by atoms with van der Waals surface area (Å²) >= 11 is 0. The first kappa shape index (κ1) is 27.0. The van der Waals surface area contributed by atoms with E-state index in [1.165, 1.54) is 51.0 Å². The van der Waals surface area contributed by atoms with Gasteiger partial charge in [0.1, 0.15) is 0 Å². The smallest absolute Gasteiger partial charge is 0.331 e. The predicted molar refractivity (Wildman–Crippen MR) is 149 cm³/mol. The zero-order valence-corrected chi connectivity index (χ0v) is 25.4. The summed E-state index contributed by atoms with van der Waals surface area (Å²) in [7, 11) is 0. The molecule has 0 aromatic heterocycles. The normalized spacial score (nSPS) is 51.4. The van der Waals surface area contributed by atoms with Crippen LogP contribution in [0.15, 0.2) is 11.6 Å². The maximum Gasteiger partial charge on any atom is 0.331 e. The van der Waals surface area contributed by atoms with Crippen LogP contribution in [0.25, 0.3) is 0 Å². The first-order valence-corrected chi connectivity index (χ1v) is 15.7. The molecule has 1 aliphatic heterocycles. The third-order valence-corrected chi connectivity index (χ3v) is 14.3. The Bertz CT molecular complexity index is 1070. The second-order valence-corrected chi connectivity index (χ2v) is 16.4. The predicted octanol–water partition coefficient (Wildman–Crippen LogP) is 7.55. The van der Waals surface area contributed by atoms with Crippen LogP contribution in [0.2, 0.25) is 0 Å². The lowest BCUT2D eigenvalue weighted by Gasteiger charge is -2.73. The van der Waals surface area contributed by atoms with Crippen molar-refractivity contribution in [3.8, 4) is 0 Å². The van der Waals surface area contributed by atoms with Gasteiger partial charge in [-0.2, -0.15) is 0 Å². The highest BCUT2D eigenvalue weighted by atomic mass is 16.5. The lowest BCUT2D eigenvalue weighted by molar-refractivity contribution is -0.236. The van der Waals surface area contributed by atoms with Crippen LogP contribution >= 0.6 is 0 Å². The minimum absolute atomic E-state index is 0.00711. The third kappa shape index (κ3) is 3.25. The summed E-state index contributed by atoms with van der Waals surface area (Å²) in [6.45, 7) is 20.1. The van der Waals surface area contributed by atoms with E-state index in [0.717, 1.165) is 18.9 Å². The fraction of sp³-hybridized carbons (Fsp3) is 0.882. The van der Waals surface area contributed by atoms with E-state index in [0.29, 0.717) is 47.9 Å². The number of ether oxygens (including phenoxy) is 2. The Morgan fingerprint density at radius 3 is 2.34 bits per heavy atom. The number of Topliss-reactive ketones (excluding diaryl/α,β-unsaturated/α-hetero) is 1. The van der Waals surface area contributed by atoms with Crippen LogP contribution in [0.1, 0.15) is 113 Å². The van der Waals surface area contributed by atoms with Gasteiger partial charge in [0.2, 0.25) is 0 Å². The SMILES string of the molecule is CCOC(=O)C=C1CC2(C)C(CCC3(C)C2CCC2C4C5OCC4(CCC5(C)C)CCC23C)C(C)(C)C1=O. The molecule has 212 valence electrons. The van der Waals surface area contributed by atoms with Crippen molar-refractivity contribution >= 4 is 11.8 Å². The Morgan fingerprint density at radius 1 is 0.921 bits per heavy atom. The molecule has 0 amide bonds. The first-order valence-electron chi connectivity index (χ1n) is 15.7. The zero-order chi connectivity index (χ0) is 27.5. The number of carbonyl (C=O) groups excluding carboxylic acids is 2. The standard InChI is InChI=1S/C34H52O4/c1-9-37-25(35)18-21-19-31(6)23(30(4,5)27(21)36)12-13-33(8)24(31)11-10-22-26-28-29(2,3)14-16-34(26,20-38-28)17-15-32(22,33)7/h18,22-24,26,28H,9-17,19-20H2,1-8H3. The second kappa shape index (κ2) is 8.20. The van der Waals surface area contributed by atoms with Crippen LogP contribution in [0.3, 0.4) is 0 Å². The van der Waals surface area contributed by atoms with Crippen molar-refractivity contribution in [2.75, 3.05) is 13.2 Å². The van der Waals surface area contributed by atoms with Crippen molar-refractivity contribution in [1.29, 1.82) is 0 Å². The summed E-state index contributed by atoms with van der Waals surface area (Å²) in [4.78, 5) is 26.2. The maximum absolute atomic E-state index is 13.7. The van der Waals surface area contributed by atoms with Crippen LogP contribution in [-0.4, -0.2) is 31.1 Å². The van der Waals surface area contributed by atoms with Gasteiger partial charge in [0, 0.05) is 17.1 Å². The van der Waals surface area contributed by atoms with Gasteiger partial charge in [-0.15, -0.1) is 0 Å². The van der Waals surface area contributed by atoms with Gasteiger partial charge in [-0.3, -0.25) is 4.79 Å². The molecule has 9 unspecified atom stereocenters. The van der Waals surface area contributed by atoms with Gasteiger partial charge in [-0.05, 0) is 115 Å². The molecule has 2 bridgehead atoms. The summed E-state index contributed by atoms with van der Waals surface area (Å²) in [5, 5.41) is 0. The Morgan fingerprint density at radius 2 is 1.63 bits per heavy atom. The highest BCUT2D eigenvalue weighted by Gasteiger charge is 2.73. The Hall–Kier alpha value is -1.16. The Labute approximate surface area is 231 Å². The summed E-state index contributed by atoms with van der Waals surface area (Å²) in [5.41, 5.74) is 1.44. The lowest BCUT2D eigenvalue weighted by Crippen LogP contribution is -2.67. The summed E-state index contributed by atoms with van der Waals surface area (Å²) in [6, 6.07) is 0. The van der Waals surface area contributed by atoms with Crippen LogP contribution in [0.5, 0.6) is 0 Å². The molecule has 0 N–H and O–H groups in total. The molecule has 6 aliphatic rings. The molecule has 0 spiro atoms. The molecule has 38 heavy (non-hydrogen) atoms. The van der Waals surface area contributed by atoms with Gasteiger partial charge in [0.15, 0.2) is 5.78 Å². The lowest BCUT2D eigenvalue weighted by atomic mass is 9.31. The molecule has 0 aromatic carbocycles. The largest absolute Gasteiger partial charge is 0.463 e. The molecule has 4 heteroatoms. The Kier molecular flexibility index (Phi) is 5.83. The average Bonchev–Trinajstić information content (AvgIpc) is 3.17. The number of hydrogen-bond donors (Lipinski definition) is 0. The summed E-state index contributed by atoms with van der Waals surface area (Å²) < 4.78 is 12.0. The van der Waals surface area contributed by atoms with Gasteiger partial charge in [-0.1, -0.05) is 48.5 Å². The third-order valence-electron chi connectivity index (χ3n) is 14.3. The molecule has 9 atom stereocenters. The molecule has 4 nitrogen and oxygen atoms in total. The quantitative estimate of drug-likeness (QED) is 0.276. The monoisotopic (exact) mass is 524 g/mol. The Balaban J connectivity index is 1.39. The van der Waals surface area contributed by atoms with Crippen molar-refractivity contribution in [3.63, 3.8) is 0 Å². The molecule has 6 rings (SSSR count). The van der Waals surface area contributed by atoms with Crippen molar-refractivity contribution in [1.82, 2.24) is 0 Å². The van der Waals surface area contributed by atoms with Gasteiger partial charge in [0.25, 0.3) is 0 Å².